The number of nitrogens with zero attached hydrogens (tertiary/aromatic N) is 6. The van der Waals surface area contributed by atoms with Crippen molar-refractivity contribution < 1.29 is 0 Å². The van der Waals surface area contributed by atoms with Crippen LogP contribution in [0, 0.1) is 0 Å². The van der Waals surface area contributed by atoms with E-state index in [0.717, 1.165) is 0 Å². The SMILES string of the molecule is c1ccc(-n2c3ccccc3c3c(-c4cccc5c4sc4c6ccccc6n(-c6ccccc6)c54)cccc32)cc1.c1ccc(-n2c3ccccc3c3ccc(-c4ccc5c(c4)sc4c6ccccc6n(-c6ccccc6)c54)cc32)cc1.c1ccc(-n2c3ccccc3c3cccc(-c4ccc5c(c4)sc4c6ccccc6n(-c6ccccc6)c54)c32)cc1. The van der Waals surface area contributed by atoms with E-state index < -0.39 is 0 Å². The highest BCUT2D eigenvalue weighted by atomic mass is 32.1. The van der Waals surface area contributed by atoms with Crippen molar-refractivity contribution in [1.82, 2.24) is 27.4 Å². The minimum atomic E-state index is 1.18. The minimum absolute atomic E-state index is 1.18. The van der Waals surface area contributed by atoms with Crippen molar-refractivity contribution in [2.24, 2.45) is 0 Å². The van der Waals surface area contributed by atoms with Crippen LogP contribution in [0.25, 0.3) is 227 Å². The Morgan fingerprint density at radius 2 is 0.439 bits per heavy atom. The molecule has 9 heteroatoms. The second-order valence-electron chi connectivity index (χ2n) is 31.7. The lowest BCUT2D eigenvalue weighted by Gasteiger charge is -2.12. The highest BCUT2D eigenvalue weighted by molar-refractivity contribution is 7.28. The van der Waals surface area contributed by atoms with Crippen molar-refractivity contribution >= 4 is 193 Å². The predicted molar refractivity (Wildman–Crippen MR) is 528 cm³/mol. The van der Waals surface area contributed by atoms with E-state index >= 15 is 0 Å². The first kappa shape index (κ1) is 70.6. The molecule has 0 bridgehead atoms. The number of benzene rings is 18. The number of fused-ring (bicyclic) bond motifs is 24. The second kappa shape index (κ2) is 28.7. The Balaban J connectivity index is 0.000000101. The summed E-state index contributed by atoms with van der Waals surface area (Å²) in [6.45, 7) is 0. The van der Waals surface area contributed by atoms with Gasteiger partial charge in [-0.3, -0.25) is 0 Å². The highest BCUT2D eigenvalue weighted by Crippen LogP contribution is 2.51. The molecule has 0 aliphatic rings. The second-order valence-corrected chi connectivity index (χ2v) is 34.8. The van der Waals surface area contributed by atoms with Crippen molar-refractivity contribution in [1.29, 1.82) is 0 Å². The molecule has 0 aliphatic carbocycles. The average molecular weight is 1620 g/mol. The molecular formula is C114H72N6S3. The fourth-order valence-corrected chi connectivity index (χ4v) is 23.6. The summed E-state index contributed by atoms with van der Waals surface area (Å²) in [5, 5.41) is 15.5. The summed E-state index contributed by atoms with van der Waals surface area (Å²) in [6, 6.07) is 158. The quantitative estimate of drug-likeness (QED) is 0.138. The van der Waals surface area contributed by atoms with Gasteiger partial charge in [-0.15, -0.1) is 34.0 Å². The van der Waals surface area contributed by atoms with Gasteiger partial charge in [-0.1, -0.05) is 303 Å². The van der Waals surface area contributed by atoms with Gasteiger partial charge in [0.1, 0.15) is 0 Å². The Hall–Kier alpha value is -15.4. The molecule has 27 aromatic rings. The molecule has 0 amide bonds. The zero-order valence-electron chi connectivity index (χ0n) is 66.5. The van der Waals surface area contributed by atoms with Crippen LogP contribution in [0.5, 0.6) is 0 Å². The van der Waals surface area contributed by atoms with E-state index in [2.05, 4.69) is 464 Å². The number of aromatic nitrogens is 6. The van der Waals surface area contributed by atoms with Crippen LogP contribution in [0.2, 0.25) is 0 Å². The standard InChI is InChI=1S/3C38H24N2S/c1-3-13-25(14-4-1)39-32-22-9-7-17-29(32)35-27(19-12-24-34(35)39)28-20-11-21-31-36-38(41-37(28)31)30-18-8-10-23-33(30)40(36)26-15-5-2-6-16-26;1-3-12-26(13-4-1)39-33-20-9-7-16-29(33)30-19-11-18-28(36(30)39)25-22-23-32-35(24-25)41-38-31-17-8-10-21-34(31)40(37(32)38)27-14-5-2-6-15-27;1-3-11-27(12-4-1)39-33-17-9-7-15-29(33)30-21-19-25(23-35(30)39)26-20-22-32-36(24-26)41-38-31-16-8-10-18-34(31)40(37(32)38)28-13-5-2-6-14-28/h3*1-24H. The molecule has 0 fully saturated rings. The molecule has 576 valence electrons. The van der Waals surface area contributed by atoms with Crippen molar-refractivity contribution in [3.05, 3.63) is 437 Å². The first-order chi connectivity index (χ1) is 61.1. The van der Waals surface area contributed by atoms with Crippen LogP contribution >= 0.6 is 34.0 Å². The van der Waals surface area contributed by atoms with Gasteiger partial charge in [-0.25, -0.2) is 0 Å². The molecule has 0 saturated heterocycles. The third kappa shape index (κ3) is 11.1. The van der Waals surface area contributed by atoms with Crippen LogP contribution in [0.3, 0.4) is 0 Å². The molecular weight excluding hydrogens is 1550 g/mol. The molecule has 0 spiro atoms. The van der Waals surface area contributed by atoms with Gasteiger partial charge in [0.2, 0.25) is 0 Å². The molecule has 123 heavy (non-hydrogen) atoms. The average Bonchev–Trinajstić information content (AvgIpc) is 1.55. The van der Waals surface area contributed by atoms with E-state index in [-0.39, 0.29) is 0 Å². The van der Waals surface area contributed by atoms with Crippen molar-refractivity contribution in [2.75, 3.05) is 0 Å². The number of hydrogen-bond donors (Lipinski definition) is 0. The van der Waals surface area contributed by atoms with Crippen LogP contribution in [-0.4, -0.2) is 27.4 Å². The lowest BCUT2D eigenvalue weighted by molar-refractivity contribution is 1.18. The van der Waals surface area contributed by atoms with E-state index in [4.69, 9.17) is 0 Å². The monoisotopic (exact) mass is 1620 g/mol. The van der Waals surface area contributed by atoms with Gasteiger partial charge < -0.3 is 27.4 Å². The van der Waals surface area contributed by atoms with E-state index in [0.29, 0.717) is 0 Å². The molecule has 0 saturated carbocycles. The van der Waals surface area contributed by atoms with Gasteiger partial charge in [0.25, 0.3) is 0 Å². The molecule has 0 atom stereocenters. The van der Waals surface area contributed by atoms with Crippen LogP contribution in [-0.2, 0) is 0 Å². The topological polar surface area (TPSA) is 29.6 Å². The summed E-state index contributed by atoms with van der Waals surface area (Å²) in [4.78, 5) is 0. The van der Waals surface area contributed by atoms with E-state index in [1.54, 1.807) is 0 Å². The van der Waals surface area contributed by atoms with E-state index in [9.17, 15) is 0 Å². The molecule has 27 rings (SSSR count). The Morgan fingerprint density at radius 1 is 0.146 bits per heavy atom. The molecule has 9 aromatic heterocycles. The van der Waals surface area contributed by atoms with E-state index in [1.807, 2.05) is 34.0 Å². The molecule has 9 heterocycles. The number of thiophene rings is 3. The van der Waals surface area contributed by atoms with Crippen LogP contribution in [0.1, 0.15) is 0 Å². The van der Waals surface area contributed by atoms with Crippen LogP contribution in [0.4, 0.5) is 0 Å². The summed E-state index contributed by atoms with van der Waals surface area (Å²) >= 11 is 5.71. The largest absolute Gasteiger partial charge is 0.309 e. The fourth-order valence-electron chi connectivity index (χ4n) is 19.7. The highest BCUT2D eigenvalue weighted by Gasteiger charge is 2.26. The molecule has 0 N–H and O–H groups in total. The fraction of sp³-hybridized carbons (Fsp3) is 0. The van der Waals surface area contributed by atoms with Crippen molar-refractivity contribution in [3.8, 4) is 67.5 Å². The smallest absolute Gasteiger partial charge is 0.0727 e. The Labute approximate surface area is 719 Å². The maximum absolute atomic E-state index is 2.44. The van der Waals surface area contributed by atoms with Crippen molar-refractivity contribution in [2.45, 2.75) is 0 Å². The number of rotatable bonds is 9. The van der Waals surface area contributed by atoms with Crippen molar-refractivity contribution in [3.63, 3.8) is 0 Å². The van der Waals surface area contributed by atoms with Gasteiger partial charge >= 0.3 is 0 Å². The maximum atomic E-state index is 2.44. The molecule has 6 nitrogen and oxygen atoms in total. The van der Waals surface area contributed by atoms with Gasteiger partial charge in [0.15, 0.2) is 0 Å². The lowest BCUT2D eigenvalue weighted by Crippen LogP contribution is -1.95. The summed E-state index contributed by atoms with van der Waals surface area (Å²) in [5.41, 5.74) is 29.7. The first-order valence-electron chi connectivity index (χ1n) is 41.9. The molecule has 18 aromatic carbocycles. The van der Waals surface area contributed by atoms with Gasteiger partial charge in [-0.2, -0.15) is 0 Å². The van der Waals surface area contributed by atoms with E-state index in [1.165, 1.54) is 227 Å². The number of hydrogen-bond acceptors (Lipinski definition) is 3. The summed E-state index contributed by atoms with van der Waals surface area (Å²) in [6.07, 6.45) is 0. The van der Waals surface area contributed by atoms with Gasteiger partial charge in [0.05, 0.1) is 80.3 Å². The Bertz CT molecular complexity index is 8860. The maximum Gasteiger partial charge on any atom is 0.0727 e. The minimum Gasteiger partial charge on any atom is -0.309 e. The first-order valence-corrected chi connectivity index (χ1v) is 44.3. The lowest BCUT2D eigenvalue weighted by atomic mass is 9.98. The number of para-hydroxylation sites is 13. The third-order valence-electron chi connectivity index (χ3n) is 24.9. The van der Waals surface area contributed by atoms with Gasteiger partial charge in [-0.05, 0) is 156 Å². The predicted octanol–water partition coefficient (Wildman–Crippen LogP) is 32.3. The van der Waals surface area contributed by atoms with Crippen LogP contribution < -0.4 is 0 Å². The summed E-state index contributed by atoms with van der Waals surface area (Å²) in [7, 11) is 0. The Morgan fingerprint density at radius 3 is 0.927 bits per heavy atom. The normalized spacial score (nSPS) is 11.9. The zero-order chi connectivity index (χ0) is 80.7. The Kier molecular flexibility index (Phi) is 16.5. The molecule has 0 unspecified atom stereocenters. The molecule has 0 radical (unpaired) electrons. The third-order valence-corrected chi connectivity index (χ3v) is 28.6. The zero-order valence-corrected chi connectivity index (χ0v) is 68.9. The van der Waals surface area contributed by atoms with Gasteiger partial charge in [0, 0.05) is 124 Å². The molecule has 0 aliphatic heterocycles. The summed E-state index contributed by atoms with van der Waals surface area (Å²) < 4.78 is 22.5. The summed E-state index contributed by atoms with van der Waals surface area (Å²) in [5.74, 6) is 0. The van der Waals surface area contributed by atoms with Crippen LogP contribution in [0.15, 0.2) is 437 Å².